The number of hydroxylamine groups is 1. The van der Waals surface area contributed by atoms with Gasteiger partial charge in [-0.3, -0.25) is 0 Å². The summed E-state index contributed by atoms with van der Waals surface area (Å²) in [6, 6.07) is 1.54. The molecule has 0 heterocycles. The number of nitrogens with zero attached hydrogens (tertiary/aromatic N) is 3. The molecule has 1 aromatic rings. The first-order valence-corrected chi connectivity index (χ1v) is 11.2. The summed E-state index contributed by atoms with van der Waals surface area (Å²) in [6.07, 6.45) is -4.00. The molecule has 0 aliphatic rings. The van der Waals surface area contributed by atoms with Crippen LogP contribution in [-0.4, -0.2) is 77.0 Å². The average Bonchev–Trinajstić information content (AvgIpc) is 2.75. The van der Waals surface area contributed by atoms with E-state index in [1.54, 1.807) is 5.48 Å². The van der Waals surface area contributed by atoms with Gasteiger partial charge in [0, 0.05) is 6.42 Å². The number of rotatable bonds is 10. The molecule has 0 spiro atoms. The number of nitrogens with one attached hydrogen (secondary N) is 1. The number of carbonyl (C=O) groups excluding carboxylic acids is 2. The zero-order chi connectivity index (χ0) is 24.2. The van der Waals surface area contributed by atoms with E-state index in [1.807, 2.05) is 0 Å². The van der Waals surface area contributed by atoms with Gasteiger partial charge in [-0.05, 0) is 0 Å². The van der Waals surface area contributed by atoms with Crippen LogP contribution in [0.15, 0.2) is 17.2 Å². The molecule has 0 bridgehead atoms. The summed E-state index contributed by atoms with van der Waals surface area (Å²) in [5.74, 6) is -4.11. The molecule has 17 heteroatoms. The Hall–Kier alpha value is -2.39. The number of halogens is 2. The Morgan fingerprint density at radius 1 is 1.32 bits per heavy atom. The first kappa shape index (κ1) is 28.6. The smallest absolute Gasteiger partial charge is 0.122 e. The number of hydrogen-bond acceptors (Lipinski definition) is 11. The summed E-state index contributed by atoms with van der Waals surface area (Å²) < 4.78 is 46.1. The molecule has 0 aliphatic heterocycles. The Morgan fingerprint density at radius 3 is 2.39 bits per heavy atom. The SMILES string of the molecule is CC(=O)NO[As](=O)(OO)c1ccc(N=[N+]=[N-])c(F)c1F.O=CCC(O)C(O)C(O)CO. The molecule has 14 nitrogen and oxygen atoms in total. The molecular formula is C14H19AsF2N4O10. The normalized spacial score (nSPS) is 15.2. The maximum Gasteiger partial charge on any atom is 0.122 e. The number of benzene rings is 1. The van der Waals surface area contributed by atoms with E-state index < -0.39 is 66.7 Å². The summed E-state index contributed by atoms with van der Waals surface area (Å²) >= 11 is -5.45. The third kappa shape index (κ3) is 8.70. The summed E-state index contributed by atoms with van der Waals surface area (Å²) in [6.45, 7) is 0.344. The Labute approximate surface area is 175 Å². The van der Waals surface area contributed by atoms with Gasteiger partial charge in [-0.15, -0.1) is 0 Å². The van der Waals surface area contributed by atoms with E-state index in [4.69, 9.17) is 31.2 Å². The molecule has 4 atom stereocenters. The van der Waals surface area contributed by atoms with Crippen LogP contribution in [0.4, 0.5) is 14.5 Å². The maximum atomic E-state index is 13.7. The Kier molecular flexibility index (Phi) is 12.8. The van der Waals surface area contributed by atoms with Crippen LogP contribution in [0.25, 0.3) is 10.4 Å². The molecule has 1 rings (SSSR count). The predicted molar refractivity (Wildman–Crippen MR) is 95.6 cm³/mol. The Morgan fingerprint density at radius 2 is 1.94 bits per heavy atom. The summed E-state index contributed by atoms with van der Waals surface area (Å²) in [5, 5.41) is 46.2. The summed E-state index contributed by atoms with van der Waals surface area (Å²) in [5.41, 5.74) is 9.04. The van der Waals surface area contributed by atoms with E-state index in [9.17, 15) is 22.1 Å². The topological polar surface area (TPSA) is 232 Å². The van der Waals surface area contributed by atoms with Gasteiger partial charge in [-0.2, -0.15) is 0 Å². The summed E-state index contributed by atoms with van der Waals surface area (Å²) in [4.78, 5) is 22.7. The number of azide groups is 1. The fourth-order valence-corrected chi connectivity index (χ4v) is 3.94. The van der Waals surface area contributed by atoms with Gasteiger partial charge in [-0.1, -0.05) is 0 Å². The van der Waals surface area contributed by atoms with Gasteiger partial charge in [0.05, 0.1) is 12.7 Å². The van der Waals surface area contributed by atoms with Crippen molar-refractivity contribution in [3.8, 4) is 0 Å². The molecule has 0 saturated carbocycles. The molecule has 0 aromatic heterocycles. The minimum atomic E-state index is -5.45. The van der Waals surface area contributed by atoms with Gasteiger partial charge >= 0.3 is 112 Å². The third-order valence-corrected chi connectivity index (χ3v) is 6.33. The second kappa shape index (κ2) is 13.8. The van der Waals surface area contributed by atoms with Gasteiger partial charge in [0.1, 0.15) is 18.5 Å². The van der Waals surface area contributed by atoms with Crippen molar-refractivity contribution < 1.29 is 55.5 Å². The maximum absolute atomic E-state index is 13.7. The zero-order valence-corrected chi connectivity index (χ0v) is 17.6. The van der Waals surface area contributed by atoms with Gasteiger partial charge in [0.25, 0.3) is 0 Å². The van der Waals surface area contributed by atoms with Crippen LogP contribution in [0.5, 0.6) is 0 Å². The van der Waals surface area contributed by atoms with E-state index in [0.29, 0.717) is 6.29 Å². The minimum absolute atomic E-state index is 0.252. The Bertz CT molecular complexity index is 855. The van der Waals surface area contributed by atoms with E-state index >= 15 is 0 Å². The number of amides is 1. The van der Waals surface area contributed by atoms with E-state index in [2.05, 4.69) is 17.7 Å². The van der Waals surface area contributed by atoms with E-state index in [0.717, 1.165) is 19.1 Å². The van der Waals surface area contributed by atoms with Gasteiger partial charge < -0.3 is 25.2 Å². The van der Waals surface area contributed by atoms with Crippen LogP contribution in [0.2, 0.25) is 0 Å². The van der Waals surface area contributed by atoms with Crippen LogP contribution in [-0.2, 0) is 21.0 Å². The first-order valence-electron chi connectivity index (χ1n) is 7.99. The molecule has 0 aliphatic carbocycles. The molecule has 174 valence electrons. The van der Waals surface area contributed by atoms with Gasteiger partial charge in [0.2, 0.25) is 0 Å². The van der Waals surface area contributed by atoms with Crippen LogP contribution in [0.3, 0.4) is 0 Å². The van der Waals surface area contributed by atoms with Crippen molar-refractivity contribution in [2.75, 3.05) is 6.61 Å². The molecule has 0 saturated heterocycles. The number of aliphatic hydroxyl groups is 4. The van der Waals surface area contributed by atoms with Crippen LogP contribution in [0.1, 0.15) is 13.3 Å². The number of aliphatic hydroxyl groups excluding tert-OH is 4. The fourth-order valence-electron chi connectivity index (χ4n) is 1.70. The Balaban J connectivity index is 0.000000695. The second-order valence-electron chi connectivity index (χ2n) is 5.46. The molecule has 1 aromatic carbocycles. The van der Waals surface area contributed by atoms with Crippen LogP contribution >= 0.6 is 0 Å². The second-order valence-corrected chi connectivity index (χ2v) is 9.28. The molecule has 1 amide bonds. The fraction of sp³-hybridized carbons (Fsp3) is 0.429. The number of carbonyl (C=O) groups is 2. The summed E-state index contributed by atoms with van der Waals surface area (Å²) in [7, 11) is 0. The third-order valence-electron chi connectivity index (χ3n) is 3.22. The van der Waals surface area contributed by atoms with Gasteiger partial charge in [0.15, 0.2) is 0 Å². The molecule has 31 heavy (non-hydrogen) atoms. The molecule has 4 unspecified atom stereocenters. The largest absolute Gasteiger partial charge is 0.394 e. The number of hydrogen-bond donors (Lipinski definition) is 6. The van der Waals surface area contributed by atoms with Crippen molar-refractivity contribution in [3.63, 3.8) is 0 Å². The molecule has 6 N–H and O–H groups in total. The predicted octanol–water partition coefficient (Wildman–Crippen LogP) is -1.31. The standard InChI is InChI=1S/C8H7AsF2N4O5.C6H12O5/c1-4(16)14-19-9(17,20-18)5-2-3-6(13-15-12)8(11)7(5)10;7-2-1-4(9)6(11)5(10)3-8/h2-3,18H,1H3,(H,14,16);2,4-6,8-11H,1,3H2. The minimum Gasteiger partial charge on any atom is -0.394 e. The van der Waals surface area contributed by atoms with Crippen molar-refractivity contribution in [1.29, 1.82) is 0 Å². The first-order chi connectivity index (χ1) is 14.5. The molecule has 0 radical (unpaired) electrons. The molecule has 0 fully saturated rings. The van der Waals surface area contributed by atoms with E-state index in [-0.39, 0.29) is 6.42 Å². The number of aldehydes is 1. The van der Waals surface area contributed by atoms with Gasteiger partial charge in [-0.25, -0.2) is 0 Å². The average molecular weight is 516 g/mol. The quantitative estimate of drug-likeness (QED) is 0.0409. The van der Waals surface area contributed by atoms with Crippen molar-refractivity contribution in [1.82, 2.24) is 5.48 Å². The van der Waals surface area contributed by atoms with Crippen molar-refractivity contribution in [2.24, 2.45) is 5.11 Å². The van der Waals surface area contributed by atoms with Crippen LogP contribution < -0.4 is 9.83 Å². The van der Waals surface area contributed by atoms with Crippen molar-refractivity contribution in [2.45, 2.75) is 31.7 Å². The van der Waals surface area contributed by atoms with Crippen LogP contribution in [0, 0.1) is 11.6 Å². The van der Waals surface area contributed by atoms with Crippen molar-refractivity contribution >= 4 is 36.4 Å². The zero-order valence-electron chi connectivity index (χ0n) is 15.7. The monoisotopic (exact) mass is 516 g/mol. The van der Waals surface area contributed by atoms with E-state index in [1.165, 1.54) is 0 Å². The molecular weight excluding hydrogens is 497 g/mol. The van der Waals surface area contributed by atoms with Crippen molar-refractivity contribution in [3.05, 3.63) is 34.2 Å².